The van der Waals surface area contributed by atoms with Gasteiger partial charge in [0, 0.05) is 18.5 Å². The fraction of sp³-hybridized carbons (Fsp3) is 0.259. The maximum Gasteiger partial charge on any atom is 0.264 e. The zero-order chi connectivity index (χ0) is 24.5. The topological polar surface area (TPSA) is 83.9 Å². The standard InChI is InChI=1S/C27H27N5O2S/c1-17(2)14-32-27-21(18(3)30-32)13-23(35-27)26(34)31(15-19-9-5-4-6-10-19)16-24-28-22-12-8-7-11-20(22)25(33)29-24/h4-13,17H,14-16H2,1-3H3,(H,28,29,33). The normalized spacial score (nSPS) is 11.5. The van der Waals surface area contributed by atoms with Crippen LogP contribution in [0.1, 0.15) is 40.6 Å². The van der Waals surface area contributed by atoms with Gasteiger partial charge in [0.15, 0.2) is 0 Å². The zero-order valence-electron chi connectivity index (χ0n) is 20.0. The molecule has 1 N–H and O–H groups in total. The molecule has 1 amide bonds. The van der Waals surface area contributed by atoms with E-state index in [1.54, 1.807) is 11.0 Å². The highest BCUT2D eigenvalue weighted by Crippen LogP contribution is 2.30. The highest BCUT2D eigenvalue weighted by Gasteiger charge is 2.23. The molecule has 0 saturated carbocycles. The highest BCUT2D eigenvalue weighted by atomic mass is 32.1. The van der Waals surface area contributed by atoms with Crippen LogP contribution in [-0.4, -0.2) is 30.6 Å². The lowest BCUT2D eigenvalue weighted by atomic mass is 10.2. The van der Waals surface area contributed by atoms with Gasteiger partial charge in [-0.15, -0.1) is 11.3 Å². The minimum absolute atomic E-state index is 0.0960. The van der Waals surface area contributed by atoms with Crippen LogP contribution in [0.3, 0.4) is 0 Å². The minimum Gasteiger partial charge on any atom is -0.326 e. The third-order valence-electron chi connectivity index (χ3n) is 5.86. The number of H-pyrrole nitrogens is 1. The van der Waals surface area contributed by atoms with Crippen LogP contribution in [-0.2, 0) is 19.6 Å². The summed E-state index contributed by atoms with van der Waals surface area (Å²) in [5.74, 6) is 0.812. The third kappa shape index (κ3) is 4.74. The predicted molar refractivity (Wildman–Crippen MR) is 140 cm³/mol. The molecule has 5 aromatic rings. The van der Waals surface area contributed by atoms with Gasteiger partial charge in [0.2, 0.25) is 0 Å². The molecule has 178 valence electrons. The van der Waals surface area contributed by atoms with Crippen molar-refractivity contribution in [3.8, 4) is 0 Å². The van der Waals surface area contributed by atoms with Crippen molar-refractivity contribution >= 4 is 38.4 Å². The molecule has 7 nitrogen and oxygen atoms in total. The Hall–Kier alpha value is -3.78. The quantitative estimate of drug-likeness (QED) is 0.346. The number of benzene rings is 2. The van der Waals surface area contributed by atoms with Gasteiger partial charge in [-0.3, -0.25) is 14.3 Å². The molecule has 5 rings (SSSR count). The molecule has 0 bridgehead atoms. The number of aryl methyl sites for hydroxylation is 1. The molecule has 0 atom stereocenters. The van der Waals surface area contributed by atoms with Crippen molar-refractivity contribution in [2.75, 3.05) is 0 Å². The summed E-state index contributed by atoms with van der Waals surface area (Å²) in [4.78, 5) is 37.3. The molecule has 0 saturated heterocycles. The number of fused-ring (bicyclic) bond motifs is 2. The molecule has 0 radical (unpaired) electrons. The van der Waals surface area contributed by atoms with E-state index in [1.807, 2.05) is 66.2 Å². The van der Waals surface area contributed by atoms with Gasteiger partial charge in [-0.2, -0.15) is 5.10 Å². The second kappa shape index (κ2) is 9.46. The van der Waals surface area contributed by atoms with Gasteiger partial charge in [0.1, 0.15) is 10.7 Å². The highest BCUT2D eigenvalue weighted by molar-refractivity contribution is 7.20. The Bertz CT molecular complexity index is 1570. The number of aromatic amines is 1. The summed E-state index contributed by atoms with van der Waals surface area (Å²) in [6.07, 6.45) is 0. The van der Waals surface area contributed by atoms with E-state index in [2.05, 4.69) is 28.9 Å². The van der Waals surface area contributed by atoms with Crippen molar-refractivity contribution in [2.45, 2.75) is 40.4 Å². The third-order valence-corrected chi connectivity index (χ3v) is 7.00. The van der Waals surface area contributed by atoms with E-state index in [9.17, 15) is 9.59 Å². The first-order chi connectivity index (χ1) is 16.9. The summed E-state index contributed by atoms with van der Waals surface area (Å²) >= 11 is 1.47. The zero-order valence-corrected chi connectivity index (χ0v) is 20.8. The summed E-state index contributed by atoms with van der Waals surface area (Å²) < 4.78 is 2.00. The van der Waals surface area contributed by atoms with E-state index in [0.29, 0.717) is 34.1 Å². The van der Waals surface area contributed by atoms with Gasteiger partial charge in [-0.05, 0) is 36.6 Å². The number of amides is 1. The Kier molecular flexibility index (Phi) is 6.21. The number of nitrogens with zero attached hydrogens (tertiary/aromatic N) is 4. The molecular formula is C27H27N5O2S. The second-order valence-corrected chi connectivity index (χ2v) is 10.2. The van der Waals surface area contributed by atoms with Gasteiger partial charge in [0.25, 0.3) is 11.5 Å². The van der Waals surface area contributed by atoms with Crippen molar-refractivity contribution in [1.82, 2.24) is 24.6 Å². The molecule has 0 aliphatic heterocycles. The van der Waals surface area contributed by atoms with Crippen LogP contribution >= 0.6 is 11.3 Å². The molecular weight excluding hydrogens is 458 g/mol. The number of para-hydroxylation sites is 1. The number of thiophene rings is 1. The van der Waals surface area contributed by atoms with Crippen LogP contribution in [0.25, 0.3) is 21.1 Å². The fourth-order valence-electron chi connectivity index (χ4n) is 4.24. The van der Waals surface area contributed by atoms with Crippen LogP contribution < -0.4 is 5.56 Å². The predicted octanol–water partition coefficient (Wildman–Crippen LogP) is 5.14. The summed E-state index contributed by atoms with van der Waals surface area (Å²) in [7, 11) is 0. The number of carbonyl (C=O) groups excluding carboxylic acids is 1. The number of nitrogens with one attached hydrogen (secondary N) is 1. The van der Waals surface area contributed by atoms with E-state index in [-0.39, 0.29) is 18.0 Å². The SMILES string of the molecule is Cc1nn(CC(C)C)c2sc(C(=O)N(Cc3ccccc3)Cc3nc4ccccc4c(=O)[nH]3)cc12. The van der Waals surface area contributed by atoms with Crippen molar-refractivity contribution in [1.29, 1.82) is 0 Å². The van der Waals surface area contributed by atoms with E-state index in [0.717, 1.165) is 28.0 Å². The fourth-order valence-corrected chi connectivity index (χ4v) is 5.38. The van der Waals surface area contributed by atoms with Gasteiger partial charge < -0.3 is 9.88 Å². The Morgan fingerprint density at radius 1 is 1.06 bits per heavy atom. The van der Waals surface area contributed by atoms with E-state index < -0.39 is 0 Å². The van der Waals surface area contributed by atoms with Gasteiger partial charge in [0.05, 0.1) is 28.0 Å². The molecule has 0 unspecified atom stereocenters. The molecule has 8 heteroatoms. The maximum absolute atomic E-state index is 13.8. The van der Waals surface area contributed by atoms with Crippen molar-refractivity contribution in [3.05, 3.63) is 93.0 Å². The van der Waals surface area contributed by atoms with Crippen molar-refractivity contribution in [2.24, 2.45) is 5.92 Å². The van der Waals surface area contributed by atoms with Crippen LogP contribution in [0.5, 0.6) is 0 Å². The molecule has 0 aliphatic carbocycles. The summed E-state index contributed by atoms with van der Waals surface area (Å²) in [5, 5.41) is 6.21. The first-order valence-electron chi connectivity index (χ1n) is 11.7. The molecule has 0 spiro atoms. The van der Waals surface area contributed by atoms with Crippen molar-refractivity contribution < 1.29 is 4.79 Å². The van der Waals surface area contributed by atoms with Gasteiger partial charge in [-0.1, -0.05) is 56.3 Å². The average Bonchev–Trinajstić information content (AvgIpc) is 3.40. The van der Waals surface area contributed by atoms with E-state index in [4.69, 9.17) is 0 Å². The van der Waals surface area contributed by atoms with Crippen LogP contribution in [0, 0.1) is 12.8 Å². The number of carbonyl (C=O) groups is 1. The summed E-state index contributed by atoms with van der Waals surface area (Å²) in [6.45, 7) is 7.68. The first-order valence-corrected chi connectivity index (χ1v) is 12.5. The average molecular weight is 486 g/mol. The maximum atomic E-state index is 13.8. The van der Waals surface area contributed by atoms with Crippen LogP contribution in [0.4, 0.5) is 0 Å². The Labute approximate surface area is 207 Å². The van der Waals surface area contributed by atoms with Crippen LogP contribution in [0.15, 0.2) is 65.5 Å². The van der Waals surface area contributed by atoms with Gasteiger partial charge in [-0.25, -0.2) is 4.98 Å². The molecule has 0 fully saturated rings. The monoisotopic (exact) mass is 485 g/mol. The Balaban J connectivity index is 1.52. The lowest BCUT2D eigenvalue weighted by Crippen LogP contribution is -2.31. The number of hydrogen-bond donors (Lipinski definition) is 1. The van der Waals surface area contributed by atoms with E-state index >= 15 is 0 Å². The minimum atomic E-state index is -0.205. The summed E-state index contributed by atoms with van der Waals surface area (Å²) in [6, 6.07) is 19.0. The van der Waals surface area contributed by atoms with Crippen molar-refractivity contribution in [3.63, 3.8) is 0 Å². The number of rotatable bonds is 7. The second-order valence-electron chi connectivity index (χ2n) is 9.17. The first kappa shape index (κ1) is 23.0. The Morgan fingerprint density at radius 3 is 2.57 bits per heavy atom. The molecule has 3 aromatic heterocycles. The summed E-state index contributed by atoms with van der Waals surface area (Å²) in [5.41, 5.74) is 2.34. The molecule has 2 aromatic carbocycles. The van der Waals surface area contributed by atoms with Crippen LogP contribution in [0.2, 0.25) is 0 Å². The number of hydrogen-bond acceptors (Lipinski definition) is 5. The molecule has 0 aliphatic rings. The lowest BCUT2D eigenvalue weighted by Gasteiger charge is -2.22. The smallest absolute Gasteiger partial charge is 0.264 e. The largest absolute Gasteiger partial charge is 0.326 e. The Morgan fingerprint density at radius 2 is 1.80 bits per heavy atom. The van der Waals surface area contributed by atoms with E-state index in [1.165, 1.54) is 11.3 Å². The van der Waals surface area contributed by atoms with Gasteiger partial charge >= 0.3 is 0 Å². The molecule has 3 heterocycles. The molecule has 35 heavy (non-hydrogen) atoms. The lowest BCUT2D eigenvalue weighted by molar-refractivity contribution is 0.0730. The number of aromatic nitrogens is 4.